The van der Waals surface area contributed by atoms with Crippen LogP contribution in [0.4, 0.5) is 13.2 Å². The van der Waals surface area contributed by atoms with E-state index in [0.29, 0.717) is 30.4 Å². The van der Waals surface area contributed by atoms with E-state index in [9.17, 15) is 27.9 Å². The Kier molecular flexibility index (Phi) is 12.5. The molecule has 59 heavy (non-hydrogen) atoms. The van der Waals surface area contributed by atoms with Crippen LogP contribution in [0, 0.1) is 5.92 Å². The minimum Gasteiger partial charge on any atom is -0.490 e. The lowest BCUT2D eigenvalue weighted by molar-refractivity contribution is -0.153. The maximum atomic E-state index is 14.9. The molecule has 12 nitrogen and oxygen atoms in total. The van der Waals surface area contributed by atoms with Crippen molar-refractivity contribution in [1.29, 1.82) is 0 Å². The van der Waals surface area contributed by atoms with Crippen molar-refractivity contribution in [2.75, 3.05) is 45.6 Å². The van der Waals surface area contributed by atoms with Gasteiger partial charge in [-0.1, -0.05) is 48.5 Å². The summed E-state index contributed by atoms with van der Waals surface area (Å²) < 4.78 is 58.8. The molecule has 16 heteroatoms. The van der Waals surface area contributed by atoms with Crippen LogP contribution in [0.3, 0.4) is 0 Å². The van der Waals surface area contributed by atoms with Crippen molar-refractivity contribution >= 4 is 23.6 Å². The number of pyridine rings is 1. The number of carbonyl (C=O) groups is 2. The fraction of sp³-hybridized carbons (Fsp3) is 0.488. The highest BCUT2D eigenvalue weighted by atomic mass is 32.2. The number of alkyl halides is 3. The molecule has 5 atom stereocenters. The van der Waals surface area contributed by atoms with E-state index in [4.69, 9.17) is 13.9 Å². The molecule has 2 saturated heterocycles. The van der Waals surface area contributed by atoms with Crippen molar-refractivity contribution in [2.45, 2.75) is 87.2 Å². The molecular weight excluding hydrogens is 786 g/mol. The van der Waals surface area contributed by atoms with Crippen LogP contribution < -0.4 is 10.1 Å². The normalized spacial score (nSPS) is 21.9. The molecule has 2 aromatic heterocycles. The van der Waals surface area contributed by atoms with E-state index in [0.717, 1.165) is 21.6 Å². The molecule has 0 saturated carbocycles. The van der Waals surface area contributed by atoms with Crippen molar-refractivity contribution < 1.29 is 41.8 Å². The minimum absolute atomic E-state index is 0.0286. The van der Waals surface area contributed by atoms with Crippen molar-refractivity contribution in [3.8, 4) is 17.1 Å². The molecule has 0 unspecified atom stereocenters. The number of amides is 2. The van der Waals surface area contributed by atoms with Crippen molar-refractivity contribution in [1.82, 2.24) is 30.0 Å². The number of thioether (sulfide) groups is 1. The Bertz CT molecular complexity index is 2100. The predicted octanol–water partition coefficient (Wildman–Crippen LogP) is 6.07. The standard InChI is InChI=1S/C43H51F3N6O6S/c1-41(2,40-48-22-35(57-40)29-19-31(59-5)21-47-20-29)51-16-15-50(33(24-51)38(54)49-26-43(44,45)46)23-30(53)18-28(17-27-11-7-6-8-12-27)39(55)52-37-32-13-9-10-14-34(32)56-25-36(37)58-42(52,3)4/h6-14,19-22,28,30,33,36-37,53H,15-18,23-26H2,1-5H3,(H,49,54)/t28-,30+,33+,36-,37+/m1/s1. The molecule has 2 amide bonds. The number of nitrogens with one attached hydrogen (secondary N) is 1. The number of nitrogens with zero attached hydrogens (tertiary/aromatic N) is 5. The lowest BCUT2D eigenvalue weighted by atomic mass is 9.89. The second kappa shape index (κ2) is 17.2. The van der Waals surface area contributed by atoms with E-state index in [1.807, 2.05) is 99.5 Å². The number of aromatic nitrogens is 2. The van der Waals surface area contributed by atoms with Crippen LogP contribution in [0.1, 0.15) is 57.2 Å². The Labute approximate surface area is 346 Å². The van der Waals surface area contributed by atoms with Gasteiger partial charge >= 0.3 is 6.18 Å². The summed E-state index contributed by atoms with van der Waals surface area (Å²) in [5.74, 6) is -0.151. The summed E-state index contributed by atoms with van der Waals surface area (Å²) in [7, 11) is 0. The molecule has 0 aliphatic carbocycles. The van der Waals surface area contributed by atoms with E-state index >= 15 is 0 Å². The fourth-order valence-corrected chi connectivity index (χ4v) is 8.93. The number of oxazole rings is 1. The second-order valence-electron chi connectivity index (χ2n) is 16.4. The number of benzene rings is 2. The summed E-state index contributed by atoms with van der Waals surface area (Å²) in [5, 5.41) is 13.9. The van der Waals surface area contributed by atoms with Gasteiger partial charge in [0.1, 0.15) is 36.8 Å². The highest BCUT2D eigenvalue weighted by Crippen LogP contribution is 2.48. The molecule has 5 heterocycles. The van der Waals surface area contributed by atoms with Crippen molar-refractivity contribution in [2.24, 2.45) is 5.92 Å². The minimum atomic E-state index is -4.62. The van der Waals surface area contributed by atoms with Crippen LogP contribution in [0.25, 0.3) is 11.3 Å². The summed E-state index contributed by atoms with van der Waals surface area (Å²) in [6.07, 6.45) is 1.22. The van der Waals surface area contributed by atoms with Gasteiger partial charge in [-0.2, -0.15) is 13.2 Å². The second-order valence-corrected chi connectivity index (χ2v) is 17.3. The summed E-state index contributed by atoms with van der Waals surface area (Å²) in [4.78, 5) is 43.8. The Balaban J connectivity index is 1.11. The highest BCUT2D eigenvalue weighted by molar-refractivity contribution is 7.98. The Morgan fingerprint density at radius 3 is 2.54 bits per heavy atom. The van der Waals surface area contributed by atoms with Gasteiger partial charge < -0.3 is 29.2 Å². The topological polar surface area (TPSA) is 134 Å². The van der Waals surface area contributed by atoms with Gasteiger partial charge in [0.05, 0.1) is 23.9 Å². The number of aliphatic hydroxyl groups excluding tert-OH is 1. The summed E-state index contributed by atoms with van der Waals surface area (Å²) in [6, 6.07) is 17.6. The predicted molar refractivity (Wildman–Crippen MR) is 215 cm³/mol. The molecular formula is C43H51F3N6O6S. The van der Waals surface area contributed by atoms with Gasteiger partial charge in [-0.25, -0.2) is 4.98 Å². The molecule has 316 valence electrons. The van der Waals surface area contributed by atoms with Crippen molar-refractivity contribution in [3.05, 3.63) is 96.3 Å². The van der Waals surface area contributed by atoms with Gasteiger partial charge in [0, 0.05) is 60.5 Å². The first-order chi connectivity index (χ1) is 28.0. The third kappa shape index (κ3) is 9.46. The fourth-order valence-electron chi connectivity index (χ4n) is 8.52. The van der Waals surface area contributed by atoms with Crippen LogP contribution in [-0.4, -0.2) is 117 Å². The summed E-state index contributed by atoms with van der Waals surface area (Å²) >= 11 is 1.55. The number of carbonyl (C=O) groups excluding carboxylic acids is 2. The molecule has 0 spiro atoms. The summed E-state index contributed by atoms with van der Waals surface area (Å²) in [5.41, 5.74) is 0.642. The van der Waals surface area contributed by atoms with Gasteiger partial charge in [-0.15, -0.1) is 11.8 Å². The number of piperazine rings is 1. The molecule has 0 radical (unpaired) electrons. The first-order valence-corrected chi connectivity index (χ1v) is 21.0. The van der Waals surface area contributed by atoms with E-state index in [-0.39, 0.29) is 38.6 Å². The number of β-amino-alcohol motifs (C(OH)–C–C–N with tert-alkyl or cyclic N) is 1. The Morgan fingerprint density at radius 1 is 1.05 bits per heavy atom. The largest absolute Gasteiger partial charge is 0.490 e. The third-order valence-electron chi connectivity index (χ3n) is 11.5. The van der Waals surface area contributed by atoms with Crippen LogP contribution in [-0.2, 0) is 26.3 Å². The number of hydrogen-bond donors (Lipinski definition) is 2. The lowest BCUT2D eigenvalue weighted by Crippen LogP contribution is -2.63. The van der Waals surface area contributed by atoms with Crippen LogP contribution in [0.15, 0.2) is 88.6 Å². The molecule has 2 aromatic carbocycles. The number of rotatable bonds is 13. The van der Waals surface area contributed by atoms with Crippen molar-refractivity contribution in [3.63, 3.8) is 0 Å². The van der Waals surface area contributed by atoms with Crippen LogP contribution >= 0.6 is 11.8 Å². The number of para-hydroxylation sites is 1. The quantitative estimate of drug-likeness (QED) is 0.152. The SMILES string of the molecule is CSc1cncc(-c2cnc(C(C)(C)N3CCN(C[C@@H](O)C[C@@H](Cc4ccccc4)C(=O)N4[C@H]5c6ccccc6OC[C@H]5OC4(C)C)[C@H](C(=O)NCC(F)(F)F)C3)o2)c1. The maximum absolute atomic E-state index is 14.9. The molecule has 0 bridgehead atoms. The molecule has 7 rings (SSSR count). The number of ether oxygens (including phenoxy) is 2. The van der Waals surface area contributed by atoms with E-state index in [1.165, 1.54) is 0 Å². The Hall–Kier alpha value is -4.48. The van der Waals surface area contributed by atoms with Crippen LogP contribution in [0.5, 0.6) is 5.75 Å². The average molecular weight is 837 g/mol. The number of hydrogen-bond acceptors (Lipinski definition) is 11. The van der Waals surface area contributed by atoms with E-state index < -0.39 is 60.1 Å². The van der Waals surface area contributed by atoms with E-state index in [1.54, 1.807) is 40.2 Å². The molecule has 3 aliphatic heterocycles. The van der Waals surface area contributed by atoms with Gasteiger partial charge in [0.15, 0.2) is 5.76 Å². The average Bonchev–Trinajstić information content (AvgIpc) is 3.82. The Morgan fingerprint density at radius 2 is 1.80 bits per heavy atom. The number of halogens is 3. The van der Waals surface area contributed by atoms with Gasteiger partial charge in [0.2, 0.25) is 17.7 Å². The van der Waals surface area contributed by atoms with Gasteiger partial charge in [-0.05, 0) is 64.5 Å². The zero-order chi connectivity index (χ0) is 42.1. The first-order valence-electron chi connectivity index (χ1n) is 19.8. The first kappa shape index (κ1) is 42.6. The molecule has 2 N–H and O–H groups in total. The summed E-state index contributed by atoms with van der Waals surface area (Å²) in [6.45, 7) is 6.87. The monoisotopic (exact) mass is 836 g/mol. The van der Waals surface area contributed by atoms with Crippen LogP contribution in [0.2, 0.25) is 0 Å². The molecule has 2 fully saturated rings. The maximum Gasteiger partial charge on any atom is 0.405 e. The smallest absolute Gasteiger partial charge is 0.405 e. The third-order valence-corrected chi connectivity index (χ3v) is 12.2. The number of aliphatic hydroxyl groups is 1. The van der Waals surface area contributed by atoms with E-state index in [2.05, 4.69) is 15.3 Å². The lowest BCUT2D eigenvalue weighted by Gasteiger charge is -2.46. The van der Waals surface area contributed by atoms with Gasteiger partial charge in [-0.3, -0.25) is 24.4 Å². The molecule has 3 aliphatic rings. The highest BCUT2D eigenvalue weighted by Gasteiger charge is 2.54. The zero-order valence-corrected chi connectivity index (χ0v) is 34.6. The molecule has 4 aromatic rings. The zero-order valence-electron chi connectivity index (χ0n) is 33.8. The van der Waals surface area contributed by atoms with Gasteiger partial charge in [0.25, 0.3) is 0 Å². The number of fused-ring (bicyclic) bond motifs is 3.